The Morgan fingerprint density at radius 3 is 2.79 bits per heavy atom. The van der Waals surface area contributed by atoms with E-state index in [2.05, 4.69) is 51.9 Å². The molecule has 6 nitrogen and oxygen atoms in total. The minimum absolute atomic E-state index is 0.00570. The molecular formula is C23H27N5O. The highest BCUT2D eigenvalue weighted by Gasteiger charge is 2.24. The van der Waals surface area contributed by atoms with Crippen LogP contribution in [0.1, 0.15) is 35.7 Å². The van der Waals surface area contributed by atoms with E-state index in [0.29, 0.717) is 17.6 Å². The molecule has 0 radical (unpaired) electrons. The largest absolute Gasteiger partial charge is 0.353 e. The van der Waals surface area contributed by atoms with Crippen molar-refractivity contribution < 1.29 is 4.79 Å². The van der Waals surface area contributed by atoms with Crippen LogP contribution in [0.5, 0.6) is 0 Å². The van der Waals surface area contributed by atoms with Crippen LogP contribution < -0.4 is 16.0 Å². The summed E-state index contributed by atoms with van der Waals surface area (Å²) in [4.78, 5) is 21.5. The minimum atomic E-state index is 0.00570. The second-order valence-corrected chi connectivity index (χ2v) is 7.52. The van der Waals surface area contributed by atoms with Crippen LogP contribution in [0.4, 0.5) is 5.95 Å². The van der Waals surface area contributed by atoms with Crippen molar-refractivity contribution in [1.82, 2.24) is 20.6 Å². The van der Waals surface area contributed by atoms with Crippen LogP contribution in [0.2, 0.25) is 0 Å². The highest BCUT2D eigenvalue weighted by atomic mass is 16.1. The highest BCUT2D eigenvalue weighted by molar-refractivity contribution is 5.96. The summed E-state index contributed by atoms with van der Waals surface area (Å²) in [6.07, 6.45) is 4.02. The summed E-state index contributed by atoms with van der Waals surface area (Å²) in [6, 6.07) is 12.4. The second kappa shape index (κ2) is 8.57. The molecule has 1 heterocycles. The number of amides is 1. The Morgan fingerprint density at radius 1 is 1.14 bits per heavy atom. The Bertz CT molecular complexity index is 1030. The number of likely N-dealkylation sites (N-methyl/N-ethyl adjacent to an activating group) is 1. The van der Waals surface area contributed by atoms with Gasteiger partial charge in [-0.3, -0.25) is 4.79 Å². The predicted molar refractivity (Wildman–Crippen MR) is 117 cm³/mol. The summed E-state index contributed by atoms with van der Waals surface area (Å²) in [7, 11) is 0. The first-order chi connectivity index (χ1) is 14.1. The van der Waals surface area contributed by atoms with Gasteiger partial charge in [-0.2, -0.15) is 0 Å². The van der Waals surface area contributed by atoms with Crippen LogP contribution in [-0.2, 0) is 0 Å². The van der Waals surface area contributed by atoms with Gasteiger partial charge >= 0.3 is 0 Å². The van der Waals surface area contributed by atoms with Crippen molar-refractivity contribution in [2.45, 2.75) is 32.7 Å². The highest BCUT2D eigenvalue weighted by Crippen LogP contribution is 2.28. The molecule has 0 aliphatic heterocycles. The van der Waals surface area contributed by atoms with Crippen molar-refractivity contribution in [2.75, 3.05) is 25.0 Å². The Hall–Kier alpha value is -2.99. The Morgan fingerprint density at radius 2 is 2.00 bits per heavy atom. The molecule has 1 aromatic heterocycles. The van der Waals surface area contributed by atoms with Crippen molar-refractivity contribution in [3.05, 3.63) is 53.7 Å². The molecule has 29 heavy (non-hydrogen) atoms. The molecule has 1 saturated carbocycles. The van der Waals surface area contributed by atoms with Gasteiger partial charge in [-0.05, 0) is 67.3 Å². The summed E-state index contributed by atoms with van der Waals surface area (Å²) >= 11 is 0. The molecule has 2 aromatic carbocycles. The first kappa shape index (κ1) is 19.3. The summed E-state index contributed by atoms with van der Waals surface area (Å²) in [5, 5.41) is 10.5. The van der Waals surface area contributed by atoms with Crippen LogP contribution >= 0.6 is 0 Å². The van der Waals surface area contributed by atoms with Crippen LogP contribution in [-0.4, -0.2) is 41.6 Å². The lowest BCUT2D eigenvalue weighted by Gasteiger charge is -2.11. The first-order valence-corrected chi connectivity index (χ1v) is 10.3. The van der Waals surface area contributed by atoms with E-state index < -0.39 is 0 Å². The van der Waals surface area contributed by atoms with Gasteiger partial charge in [-0.1, -0.05) is 19.1 Å². The van der Waals surface area contributed by atoms with Crippen LogP contribution in [0, 0.1) is 6.92 Å². The maximum absolute atomic E-state index is 12.4. The minimum Gasteiger partial charge on any atom is -0.353 e. The van der Waals surface area contributed by atoms with E-state index in [1.54, 1.807) is 0 Å². The monoisotopic (exact) mass is 389 g/mol. The van der Waals surface area contributed by atoms with E-state index >= 15 is 0 Å². The number of carbonyl (C=O) groups excluding carboxylic acids is 1. The topological polar surface area (TPSA) is 78.9 Å². The molecule has 0 atom stereocenters. The van der Waals surface area contributed by atoms with Crippen molar-refractivity contribution in [3.8, 4) is 11.1 Å². The maximum Gasteiger partial charge on any atom is 0.251 e. The second-order valence-electron chi connectivity index (χ2n) is 7.52. The molecule has 4 rings (SSSR count). The molecule has 1 aliphatic rings. The Balaban J connectivity index is 1.56. The van der Waals surface area contributed by atoms with Crippen LogP contribution in [0.15, 0.2) is 42.6 Å². The number of benzene rings is 2. The van der Waals surface area contributed by atoms with Crippen molar-refractivity contribution in [2.24, 2.45) is 0 Å². The van der Waals surface area contributed by atoms with Gasteiger partial charge in [0.1, 0.15) is 0 Å². The molecule has 1 aliphatic carbocycles. The summed E-state index contributed by atoms with van der Waals surface area (Å²) < 4.78 is 0. The number of anilines is 1. The van der Waals surface area contributed by atoms with Crippen LogP contribution in [0.3, 0.4) is 0 Å². The van der Waals surface area contributed by atoms with Gasteiger partial charge in [0, 0.05) is 36.3 Å². The van der Waals surface area contributed by atoms with Crippen molar-refractivity contribution >= 4 is 22.8 Å². The zero-order chi connectivity index (χ0) is 20.2. The van der Waals surface area contributed by atoms with E-state index in [0.717, 1.165) is 60.1 Å². The molecule has 1 amide bonds. The number of fused-ring (bicyclic) bond motifs is 1. The smallest absolute Gasteiger partial charge is 0.251 e. The van der Waals surface area contributed by atoms with E-state index in [-0.39, 0.29) is 5.91 Å². The number of carbonyl (C=O) groups is 1. The summed E-state index contributed by atoms with van der Waals surface area (Å²) in [5.41, 5.74) is 4.86. The van der Waals surface area contributed by atoms with Gasteiger partial charge < -0.3 is 16.0 Å². The number of nitrogens with one attached hydrogen (secondary N) is 3. The molecule has 3 N–H and O–H groups in total. The zero-order valence-electron chi connectivity index (χ0n) is 17.0. The summed E-state index contributed by atoms with van der Waals surface area (Å²) in [6.45, 7) is 6.76. The maximum atomic E-state index is 12.4. The molecule has 0 spiro atoms. The first-order valence-electron chi connectivity index (χ1n) is 10.3. The van der Waals surface area contributed by atoms with Crippen molar-refractivity contribution in [3.63, 3.8) is 0 Å². The van der Waals surface area contributed by atoms with E-state index in [4.69, 9.17) is 0 Å². The van der Waals surface area contributed by atoms with E-state index in [1.807, 2.05) is 30.5 Å². The Kier molecular flexibility index (Phi) is 5.71. The number of rotatable bonds is 8. The number of nitrogens with zero attached hydrogens (tertiary/aromatic N) is 2. The third-order valence-electron chi connectivity index (χ3n) is 5.14. The Labute approximate surface area is 171 Å². The summed E-state index contributed by atoms with van der Waals surface area (Å²) in [5.74, 6) is 0.643. The molecule has 0 saturated heterocycles. The molecule has 1 fully saturated rings. The molecule has 3 aromatic rings. The fourth-order valence-electron chi connectivity index (χ4n) is 3.30. The third-order valence-corrected chi connectivity index (χ3v) is 5.14. The predicted octanol–water partition coefficient (Wildman–Crippen LogP) is 3.52. The molecular weight excluding hydrogens is 362 g/mol. The lowest BCUT2D eigenvalue weighted by Crippen LogP contribution is -2.25. The van der Waals surface area contributed by atoms with Gasteiger partial charge in [0.2, 0.25) is 5.95 Å². The third kappa shape index (κ3) is 4.71. The van der Waals surface area contributed by atoms with Crippen LogP contribution in [0.25, 0.3) is 22.0 Å². The standard InChI is InChI=1S/C23H27N5O/c1-3-24-10-11-25-23-26-14-18-12-16(6-9-21(18)28-23)20-13-17(5-4-15(20)2)22(29)27-19-7-8-19/h4-6,9,12-14,19,24H,3,7-8,10-11H2,1-2H3,(H,27,29)(H,25,26,28). The van der Waals surface area contributed by atoms with E-state index in [9.17, 15) is 4.79 Å². The van der Waals surface area contributed by atoms with Gasteiger partial charge in [0.15, 0.2) is 0 Å². The zero-order valence-corrected chi connectivity index (χ0v) is 17.0. The lowest BCUT2D eigenvalue weighted by atomic mass is 9.97. The lowest BCUT2D eigenvalue weighted by molar-refractivity contribution is 0.0951. The molecule has 0 unspecified atom stereocenters. The van der Waals surface area contributed by atoms with Gasteiger partial charge in [0.05, 0.1) is 5.52 Å². The number of aryl methyl sites for hydroxylation is 1. The van der Waals surface area contributed by atoms with Gasteiger partial charge in [0.25, 0.3) is 5.91 Å². The average Bonchev–Trinajstić information content (AvgIpc) is 3.55. The average molecular weight is 390 g/mol. The quantitative estimate of drug-likeness (QED) is 0.514. The SMILES string of the molecule is CCNCCNc1ncc2cc(-c3cc(C(=O)NC4CC4)ccc3C)ccc2n1. The van der Waals surface area contributed by atoms with Gasteiger partial charge in [-0.15, -0.1) is 0 Å². The number of hydrogen-bond acceptors (Lipinski definition) is 5. The van der Waals surface area contributed by atoms with E-state index in [1.165, 1.54) is 0 Å². The van der Waals surface area contributed by atoms with Crippen molar-refractivity contribution in [1.29, 1.82) is 0 Å². The molecule has 0 bridgehead atoms. The normalized spacial score (nSPS) is 13.4. The fourth-order valence-corrected chi connectivity index (χ4v) is 3.30. The molecule has 150 valence electrons. The van der Waals surface area contributed by atoms with Gasteiger partial charge in [-0.25, -0.2) is 9.97 Å². The fraction of sp³-hybridized carbons (Fsp3) is 0.348. The number of hydrogen-bond donors (Lipinski definition) is 3. The number of aromatic nitrogens is 2. The molecule has 6 heteroatoms.